The minimum absolute atomic E-state index is 0.864. The second-order valence-corrected chi connectivity index (χ2v) is 8.32. The average Bonchev–Trinajstić information content (AvgIpc) is 2.68. The quantitative estimate of drug-likeness (QED) is 0.152. The van der Waals surface area contributed by atoms with Gasteiger partial charge in [0.15, 0.2) is 0 Å². The molecular weight excluding hydrogens is 326 g/mol. The van der Waals surface area contributed by atoms with Crippen molar-refractivity contribution >= 4 is 0 Å². The Bertz CT molecular complexity index is 327. The lowest BCUT2D eigenvalue weighted by Gasteiger charge is -2.22. The molecular formula is C26H51N. The van der Waals surface area contributed by atoms with Crippen LogP contribution in [0.3, 0.4) is 0 Å². The highest BCUT2D eigenvalue weighted by atomic mass is 15.1. The van der Waals surface area contributed by atoms with Gasteiger partial charge in [-0.2, -0.15) is 0 Å². The van der Waals surface area contributed by atoms with Gasteiger partial charge in [0.2, 0.25) is 0 Å². The molecule has 0 saturated heterocycles. The fourth-order valence-corrected chi connectivity index (χ4v) is 3.67. The summed E-state index contributed by atoms with van der Waals surface area (Å²) in [6.45, 7) is 12.9. The minimum Gasteiger partial charge on any atom is -0.304 e. The number of rotatable bonds is 20. The molecule has 0 unspecified atom stereocenters. The number of hydrogen-bond acceptors (Lipinski definition) is 1. The molecule has 0 radical (unpaired) electrons. The van der Waals surface area contributed by atoms with E-state index in [2.05, 4.69) is 56.9 Å². The smallest absolute Gasteiger partial charge is 0.000679 e. The Morgan fingerprint density at radius 2 is 1.15 bits per heavy atom. The van der Waals surface area contributed by atoms with Gasteiger partial charge in [-0.05, 0) is 57.5 Å². The molecule has 0 heterocycles. The van der Waals surface area contributed by atoms with Crippen LogP contribution >= 0.6 is 0 Å². The lowest BCUT2D eigenvalue weighted by atomic mass is 10.0. The van der Waals surface area contributed by atoms with Crippen LogP contribution in [0.2, 0.25) is 0 Å². The summed E-state index contributed by atoms with van der Waals surface area (Å²) in [6, 6.07) is 0. The number of nitrogens with zero attached hydrogens (tertiary/aromatic N) is 1. The van der Waals surface area contributed by atoms with Gasteiger partial charge in [0.1, 0.15) is 0 Å². The zero-order valence-electron chi connectivity index (χ0n) is 19.4. The second kappa shape index (κ2) is 21.7. The topological polar surface area (TPSA) is 3.24 Å². The van der Waals surface area contributed by atoms with Crippen LogP contribution in [0.15, 0.2) is 24.3 Å². The molecule has 0 spiro atoms. The van der Waals surface area contributed by atoms with Crippen LogP contribution in [-0.4, -0.2) is 24.5 Å². The van der Waals surface area contributed by atoms with E-state index >= 15 is 0 Å². The van der Waals surface area contributed by atoms with Crippen molar-refractivity contribution in [3.8, 4) is 0 Å². The van der Waals surface area contributed by atoms with E-state index in [0.29, 0.717) is 0 Å². The van der Waals surface area contributed by atoms with Crippen molar-refractivity contribution in [1.82, 2.24) is 4.90 Å². The first-order valence-corrected chi connectivity index (χ1v) is 12.3. The zero-order chi connectivity index (χ0) is 20.0. The lowest BCUT2D eigenvalue weighted by molar-refractivity contribution is 0.251. The van der Waals surface area contributed by atoms with Gasteiger partial charge in [-0.25, -0.2) is 0 Å². The van der Waals surface area contributed by atoms with Crippen molar-refractivity contribution in [2.45, 2.75) is 118 Å². The average molecular weight is 378 g/mol. The first kappa shape index (κ1) is 26.4. The highest BCUT2D eigenvalue weighted by Crippen LogP contribution is 2.14. The molecule has 0 rings (SSSR count). The molecule has 27 heavy (non-hydrogen) atoms. The molecule has 0 N–H and O–H groups in total. The van der Waals surface area contributed by atoms with E-state index in [-0.39, 0.29) is 0 Å². The first-order valence-electron chi connectivity index (χ1n) is 12.3. The van der Waals surface area contributed by atoms with Crippen molar-refractivity contribution in [1.29, 1.82) is 0 Å². The number of allylic oxidation sites excluding steroid dienone is 4. The lowest BCUT2D eigenvalue weighted by Crippen LogP contribution is -2.28. The summed E-state index contributed by atoms with van der Waals surface area (Å²) in [6.07, 6.45) is 28.5. The van der Waals surface area contributed by atoms with Crippen LogP contribution in [-0.2, 0) is 0 Å². The number of hydrogen-bond donors (Lipinski definition) is 0. The van der Waals surface area contributed by atoms with Crippen molar-refractivity contribution in [2.24, 2.45) is 5.92 Å². The van der Waals surface area contributed by atoms with E-state index in [1.54, 1.807) is 0 Å². The molecule has 0 aliphatic heterocycles. The highest BCUT2D eigenvalue weighted by Gasteiger charge is 2.06. The Balaban J connectivity index is 3.30. The van der Waals surface area contributed by atoms with Crippen LogP contribution in [0.1, 0.15) is 118 Å². The van der Waals surface area contributed by atoms with Gasteiger partial charge >= 0.3 is 0 Å². The molecule has 0 amide bonds. The molecule has 160 valence electrons. The van der Waals surface area contributed by atoms with E-state index < -0.39 is 0 Å². The van der Waals surface area contributed by atoms with Gasteiger partial charge in [-0.3, -0.25) is 0 Å². The van der Waals surface area contributed by atoms with Gasteiger partial charge < -0.3 is 4.90 Å². The summed E-state index contributed by atoms with van der Waals surface area (Å²) < 4.78 is 0. The molecule has 0 saturated carbocycles. The van der Waals surface area contributed by atoms with Crippen molar-refractivity contribution in [3.05, 3.63) is 24.3 Å². The van der Waals surface area contributed by atoms with E-state index in [4.69, 9.17) is 0 Å². The molecule has 0 aromatic heterocycles. The van der Waals surface area contributed by atoms with Crippen molar-refractivity contribution in [2.75, 3.05) is 19.6 Å². The minimum atomic E-state index is 0.864. The van der Waals surface area contributed by atoms with E-state index in [1.165, 1.54) is 103 Å². The molecule has 0 aliphatic rings. The second-order valence-electron chi connectivity index (χ2n) is 8.32. The van der Waals surface area contributed by atoms with Crippen LogP contribution in [0.25, 0.3) is 0 Å². The Morgan fingerprint density at radius 3 is 1.70 bits per heavy atom. The fraction of sp³-hybridized carbons (Fsp3) is 0.846. The Labute approximate surface area is 172 Å². The first-order chi connectivity index (χ1) is 13.2. The summed E-state index contributed by atoms with van der Waals surface area (Å²) in [4.78, 5) is 2.56. The molecule has 0 fully saturated rings. The SMILES string of the molecule is CCCCC/C=C\C/C=C\CCCCCCCCC[C@@H](C)CN(CC)CC. The van der Waals surface area contributed by atoms with E-state index in [1.807, 2.05) is 0 Å². The third-order valence-corrected chi connectivity index (χ3v) is 5.61. The summed E-state index contributed by atoms with van der Waals surface area (Å²) in [5.41, 5.74) is 0. The Hall–Kier alpha value is -0.560. The van der Waals surface area contributed by atoms with Crippen molar-refractivity contribution < 1.29 is 0 Å². The van der Waals surface area contributed by atoms with Crippen LogP contribution < -0.4 is 0 Å². The predicted octanol–water partition coefficient (Wildman–Crippen LogP) is 8.56. The van der Waals surface area contributed by atoms with Gasteiger partial charge in [0.05, 0.1) is 0 Å². The van der Waals surface area contributed by atoms with Crippen molar-refractivity contribution in [3.63, 3.8) is 0 Å². The van der Waals surface area contributed by atoms with Gasteiger partial charge in [-0.1, -0.05) is 103 Å². The monoisotopic (exact) mass is 377 g/mol. The van der Waals surface area contributed by atoms with Crippen LogP contribution in [0.5, 0.6) is 0 Å². The Kier molecular flexibility index (Phi) is 21.3. The summed E-state index contributed by atoms with van der Waals surface area (Å²) in [5, 5.41) is 0. The molecule has 0 aromatic carbocycles. The molecule has 1 atom stereocenters. The summed E-state index contributed by atoms with van der Waals surface area (Å²) in [7, 11) is 0. The maximum absolute atomic E-state index is 2.56. The van der Waals surface area contributed by atoms with Crippen LogP contribution in [0, 0.1) is 5.92 Å². The maximum Gasteiger partial charge on any atom is 0.000679 e. The molecule has 0 aliphatic carbocycles. The van der Waals surface area contributed by atoms with Gasteiger partial charge in [-0.15, -0.1) is 0 Å². The third kappa shape index (κ3) is 20.0. The van der Waals surface area contributed by atoms with Gasteiger partial charge in [0.25, 0.3) is 0 Å². The summed E-state index contributed by atoms with van der Waals surface area (Å²) in [5.74, 6) is 0.864. The third-order valence-electron chi connectivity index (χ3n) is 5.61. The summed E-state index contributed by atoms with van der Waals surface area (Å²) >= 11 is 0. The van der Waals surface area contributed by atoms with Gasteiger partial charge in [0, 0.05) is 6.54 Å². The van der Waals surface area contributed by atoms with E-state index in [0.717, 1.165) is 12.3 Å². The Morgan fingerprint density at radius 1 is 0.630 bits per heavy atom. The predicted molar refractivity (Wildman–Crippen MR) is 126 cm³/mol. The standard InChI is InChI=1S/C26H51N/c1-5-8-9-10-11-12-13-14-15-16-17-18-19-20-21-22-23-24-26(4)25-27(6-2)7-3/h11-12,14-15,26H,5-10,13,16-25H2,1-4H3/b12-11-,15-14-/t26-/m1/s1. The zero-order valence-corrected chi connectivity index (χ0v) is 19.4. The molecule has 1 heteroatoms. The fourth-order valence-electron chi connectivity index (χ4n) is 3.67. The highest BCUT2D eigenvalue weighted by molar-refractivity contribution is 4.92. The largest absolute Gasteiger partial charge is 0.304 e. The molecule has 0 aromatic rings. The number of unbranched alkanes of at least 4 members (excludes halogenated alkanes) is 10. The molecule has 0 bridgehead atoms. The van der Waals surface area contributed by atoms with E-state index in [9.17, 15) is 0 Å². The normalized spacial score (nSPS) is 13.4. The maximum atomic E-state index is 2.56. The van der Waals surface area contributed by atoms with Crippen LogP contribution in [0.4, 0.5) is 0 Å². The molecule has 1 nitrogen and oxygen atoms in total.